The van der Waals surface area contributed by atoms with Gasteiger partial charge in [-0.15, -0.1) is 11.8 Å². The first kappa shape index (κ1) is 19.1. The minimum Gasteiger partial charge on any atom is -0.352 e. The van der Waals surface area contributed by atoms with Crippen LogP contribution in [-0.4, -0.2) is 12.5 Å². The van der Waals surface area contributed by atoms with Crippen molar-refractivity contribution in [2.45, 2.75) is 42.8 Å². The molecule has 0 saturated carbocycles. The molecule has 0 heterocycles. The van der Waals surface area contributed by atoms with Gasteiger partial charge in [-0.1, -0.05) is 35.4 Å². The van der Waals surface area contributed by atoms with Crippen molar-refractivity contribution < 1.29 is 4.79 Å². The molecule has 0 bridgehead atoms. The molecule has 0 fully saturated rings. The summed E-state index contributed by atoms with van der Waals surface area (Å²) in [6, 6.07) is 15.7. The Morgan fingerprint density at radius 2 is 1.81 bits per heavy atom. The maximum absolute atomic E-state index is 12.3. The van der Waals surface area contributed by atoms with Crippen molar-refractivity contribution >= 4 is 29.3 Å². The molecule has 0 aliphatic heterocycles. The molecule has 1 aliphatic carbocycles. The van der Waals surface area contributed by atoms with Crippen LogP contribution in [0.1, 0.15) is 48.0 Å². The summed E-state index contributed by atoms with van der Waals surface area (Å²) < 4.78 is 0. The van der Waals surface area contributed by atoms with E-state index in [2.05, 4.69) is 11.4 Å². The Labute approximate surface area is 165 Å². The van der Waals surface area contributed by atoms with Crippen LogP contribution in [0.4, 0.5) is 0 Å². The van der Waals surface area contributed by atoms with Crippen molar-refractivity contribution in [2.75, 3.05) is 6.54 Å². The SMILES string of the molecule is O=C(NCCC1=CCCCC1)c1ccc(CSc2ccc(Cl)cc2)cc1. The zero-order chi connectivity index (χ0) is 18.2. The number of halogens is 1. The number of carbonyl (C=O) groups excluding carboxylic acids is 1. The van der Waals surface area contributed by atoms with Crippen LogP contribution in [0.25, 0.3) is 0 Å². The second-order valence-electron chi connectivity index (χ2n) is 6.55. The maximum Gasteiger partial charge on any atom is 0.251 e. The van der Waals surface area contributed by atoms with E-state index in [9.17, 15) is 4.79 Å². The van der Waals surface area contributed by atoms with E-state index >= 15 is 0 Å². The van der Waals surface area contributed by atoms with Crippen molar-refractivity contribution in [1.29, 1.82) is 0 Å². The lowest BCUT2D eigenvalue weighted by Gasteiger charge is -2.13. The molecule has 0 unspecified atom stereocenters. The van der Waals surface area contributed by atoms with Gasteiger partial charge in [0.1, 0.15) is 0 Å². The van der Waals surface area contributed by atoms with Crippen molar-refractivity contribution in [2.24, 2.45) is 0 Å². The van der Waals surface area contributed by atoms with Crippen molar-refractivity contribution in [3.05, 3.63) is 76.3 Å². The molecule has 1 amide bonds. The summed E-state index contributed by atoms with van der Waals surface area (Å²) in [5.74, 6) is 0.885. The average molecular weight is 386 g/mol. The minimum absolute atomic E-state index is 0.0123. The molecule has 26 heavy (non-hydrogen) atoms. The predicted molar refractivity (Wildman–Crippen MR) is 111 cm³/mol. The van der Waals surface area contributed by atoms with Crippen LogP contribution in [-0.2, 0) is 5.75 Å². The van der Waals surface area contributed by atoms with E-state index in [1.54, 1.807) is 11.8 Å². The van der Waals surface area contributed by atoms with Crippen LogP contribution in [0.5, 0.6) is 0 Å². The van der Waals surface area contributed by atoms with E-state index in [1.165, 1.54) is 41.7 Å². The lowest BCUT2D eigenvalue weighted by atomic mass is 9.97. The van der Waals surface area contributed by atoms with Gasteiger partial charge in [-0.25, -0.2) is 0 Å². The largest absolute Gasteiger partial charge is 0.352 e. The Bertz CT molecular complexity index is 753. The summed E-state index contributed by atoms with van der Waals surface area (Å²) in [6.45, 7) is 0.721. The first-order chi connectivity index (χ1) is 12.7. The number of nitrogens with one attached hydrogen (secondary N) is 1. The molecule has 4 heteroatoms. The Kier molecular flexibility index (Phi) is 7.22. The second-order valence-corrected chi connectivity index (χ2v) is 8.04. The van der Waals surface area contributed by atoms with Gasteiger partial charge in [-0.2, -0.15) is 0 Å². The van der Waals surface area contributed by atoms with Gasteiger partial charge in [0.15, 0.2) is 0 Å². The van der Waals surface area contributed by atoms with Crippen molar-refractivity contribution in [3.8, 4) is 0 Å². The third-order valence-corrected chi connectivity index (χ3v) is 5.89. The smallest absolute Gasteiger partial charge is 0.251 e. The maximum atomic E-state index is 12.3. The van der Waals surface area contributed by atoms with E-state index in [1.807, 2.05) is 48.5 Å². The minimum atomic E-state index is 0.0123. The van der Waals surface area contributed by atoms with Gasteiger partial charge in [0, 0.05) is 27.8 Å². The standard InChI is InChI=1S/C22H24ClNOS/c23-20-10-12-21(13-11-20)26-16-18-6-8-19(9-7-18)22(25)24-15-14-17-4-2-1-3-5-17/h4,6-13H,1-3,5,14-16H2,(H,24,25). The third-order valence-electron chi connectivity index (χ3n) is 4.55. The normalized spacial score (nSPS) is 14.0. The fourth-order valence-electron chi connectivity index (χ4n) is 3.02. The number of benzene rings is 2. The molecule has 2 aromatic carbocycles. The number of amides is 1. The molecular weight excluding hydrogens is 362 g/mol. The Morgan fingerprint density at radius 3 is 2.50 bits per heavy atom. The highest BCUT2D eigenvalue weighted by Gasteiger charge is 2.07. The summed E-state index contributed by atoms with van der Waals surface area (Å²) in [5, 5.41) is 3.79. The summed E-state index contributed by atoms with van der Waals surface area (Å²) in [4.78, 5) is 13.4. The van der Waals surface area contributed by atoms with Gasteiger partial charge in [0.25, 0.3) is 5.91 Å². The second kappa shape index (κ2) is 9.84. The molecule has 1 aliphatic rings. The van der Waals surface area contributed by atoms with Gasteiger partial charge >= 0.3 is 0 Å². The number of hydrogen-bond donors (Lipinski definition) is 1. The predicted octanol–water partition coefficient (Wildman–Crippen LogP) is 6.25. The van der Waals surface area contributed by atoms with Crippen LogP contribution in [0, 0.1) is 0 Å². The molecule has 0 atom stereocenters. The van der Waals surface area contributed by atoms with Gasteiger partial charge < -0.3 is 5.32 Å². The monoisotopic (exact) mass is 385 g/mol. The van der Waals surface area contributed by atoms with Crippen LogP contribution in [0.15, 0.2) is 65.1 Å². The molecule has 2 nitrogen and oxygen atoms in total. The molecule has 1 N–H and O–H groups in total. The quantitative estimate of drug-likeness (QED) is 0.450. The molecule has 0 spiro atoms. The zero-order valence-electron chi connectivity index (χ0n) is 14.8. The topological polar surface area (TPSA) is 29.1 Å². The van der Waals surface area contributed by atoms with E-state index in [4.69, 9.17) is 11.6 Å². The Morgan fingerprint density at radius 1 is 1.04 bits per heavy atom. The average Bonchev–Trinajstić information content (AvgIpc) is 2.69. The van der Waals surface area contributed by atoms with E-state index in [-0.39, 0.29) is 5.91 Å². The van der Waals surface area contributed by atoms with E-state index in [0.29, 0.717) is 0 Å². The van der Waals surface area contributed by atoms with Gasteiger partial charge in [0.2, 0.25) is 0 Å². The zero-order valence-corrected chi connectivity index (χ0v) is 16.4. The highest BCUT2D eigenvalue weighted by atomic mass is 35.5. The number of hydrogen-bond acceptors (Lipinski definition) is 2. The first-order valence-corrected chi connectivity index (χ1v) is 10.5. The first-order valence-electron chi connectivity index (χ1n) is 9.14. The Balaban J connectivity index is 1.44. The van der Waals surface area contributed by atoms with Gasteiger partial charge in [-0.05, 0) is 74.1 Å². The van der Waals surface area contributed by atoms with Crippen molar-refractivity contribution in [3.63, 3.8) is 0 Å². The fourth-order valence-corrected chi connectivity index (χ4v) is 4.00. The summed E-state index contributed by atoms with van der Waals surface area (Å²) in [6.07, 6.45) is 8.28. The van der Waals surface area contributed by atoms with E-state index < -0.39 is 0 Å². The lowest BCUT2D eigenvalue weighted by molar-refractivity contribution is 0.0954. The van der Waals surface area contributed by atoms with Crippen LogP contribution < -0.4 is 5.32 Å². The van der Waals surface area contributed by atoms with Crippen LogP contribution >= 0.6 is 23.4 Å². The van der Waals surface area contributed by atoms with E-state index in [0.717, 1.165) is 29.3 Å². The lowest BCUT2D eigenvalue weighted by Crippen LogP contribution is -2.24. The highest BCUT2D eigenvalue weighted by molar-refractivity contribution is 7.98. The highest BCUT2D eigenvalue weighted by Crippen LogP contribution is 2.24. The van der Waals surface area contributed by atoms with Crippen LogP contribution in [0.2, 0.25) is 5.02 Å². The molecule has 2 aromatic rings. The molecule has 0 saturated heterocycles. The fraction of sp³-hybridized carbons (Fsp3) is 0.318. The summed E-state index contributed by atoms with van der Waals surface area (Å²) in [7, 11) is 0. The number of thioether (sulfide) groups is 1. The molecule has 0 aromatic heterocycles. The number of carbonyl (C=O) groups is 1. The number of allylic oxidation sites excluding steroid dienone is 1. The molecule has 0 radical (unpaired) electrons. The Hall–Kier alpha value is -1.71. The van der Waals surface area contributed by atoms with Gasteiger partial charge in [-0.3, -0.25) is 4.79 Å². The van der Waals surface area contributed by atoms with Crippen molar-refractivity contribution in [1.82, 2.24) is 5.32 Å². The van der Waals surface area contributed by atoms with Gasteiger partial charge in [0.05, 0.1) is 0 Å². The molecular formula is C22H24ClNOS. The summed E-state index contributed by atoms with van der Waals surface area (Å²) >= 11 is 7.67. The third kappa shape index (κ3) is 5.93. The number of rotatable bonds is 7. The molecule has 3 rings (SSSR count). The molecule has 136 valence electrons. The summed E-state index contributed by atoms with van der Waals surface area (Å²) in [5.41, 5.74) is 3.42. The van der Waals surface area contributed by atoms with Crippen LogP contribution in [0.3, 0.4) is 0 Å².